The predicted molar refractivity (Wildman–Crippen MR) is 61.0 cm³/mol. The topological polar surface area (TPSA) is 73.6 Å². The van der Waals surface area contributed by atoms with Crippen molar-refractivity contribution < 1.29 is 14.3 Å². The molecule has 3 unspecified atom stereocenters. The molecule has 5 heteroatoms. The predicted octanol–water partition coefficient (Wildman–Crippen LogP) is -0.109. The Hall–Kier alpha value is -0.650. The van der Waals surface area contributed by atoms with Crippen molar-refractivity contribution >= 4 is 5.91 Å². The van der Waals surface area contributed by atoms with Crippen LogP contribution in [-0.2, 0) is 14.3 Å². The van der Waals surface area contributed by atoms with E-state index in [4.69, 9.17) is 15.2 Å². The van der Waals surface area contributed by atoms with E-state index in [1.165, 1.54) is 0 Å². The number of methoxy groups -OCH3 is 1. The van der Waals surface area contributed by atoms with Gasteiger partial charge in [-0.1, -0.05) is 6.92 Å². The molecule has 0 aromatic rings. The molecule has 0 aromatic carbocycles. The minimum Gasteiger partial charge on any atom is -0.383 e. The molecule has 0 spiro atoms. The van der Waals surface area contributed by atoms with Gasteiger partial charge >= 0.3 is 0 Å². The summed E-state index contributed by atoms with van der Waals surface area (Å²) in [5.41, 5.74) is 5.74. The first-order valence-corrected chi connectivity index (χ1v) is 5.79. The molecule has 1 fully saturated rings. The van der Waals surface area contributed by atoms with E-state index in [1.807, 2.05) is 6.92 Å². The van der Waals surface area contributed by atoms with Crippen LogP contribution < -0.4 is 11.1 Å². The van der Waals surface area contributed by atoms with Crippen LogP contribution in [0.2, 0.25) is 0 Å². The van der Waals surface area contributed by atoms with Crippen molar-refractivity contribution in [2.24, 2.45) is 11.7 Å². The highest BCUT2D eigenvalue weighted by molar-refractivity contribution is 5.81. The molecule has 1 amide bonds. The van der Waals surface area contributed by atoms with Gasteiger partial charge in [0.25, 0.3) is 0 Å². The molecule has 1 aliphatic heterocycles. The zero-order chi connectivity index (χ0) is 12.0. The van der Waals surface area contributed by atoms with Gasteiger partial charge in [-0.25, -0.2) is 0 Å². The highest BCUT2D eigenvalue weighted by atomic mass is 16.5. The van der Waals surface area contributed by atoms with Crippen molar-refractivity contribution in [2.45, 2.75) is 31.9 Å². The largest absolute Gasteiger partial charge is 0.383 e. The molecule has 3 N–H and O–H groups in total. The molecular formula is C11H22N2O3. The number of ether oxygens (including phenoxy) is 2. The van der Waals surface area contributed by atoms with Crippen LogP contribution >= 0.6 is 0 Å². The van der Waals surface area contributed by atoms with Gasteiger partial charge in [-0.3, -0.25) is 4.79 Å². The summed E-state index contributed by atoms with van der Waals surface area (Å²) < 4.78 is 10.3. The Kier molecular flexibility index (Phi) is 5.73. The zero-order valence-corrected chi connectivity index (χ0v) is 10.1. The maximum Gasteiger partial charge on any atom is 0.249 e. The van der Waals surface area contributed by atoms with Crippen LogP contribution in [0.1, 0.15) is 19.8 Å². The summed E-state index contributed by atoms with van der Waals surface area (Å²) in [6, 6.07) is -0.0211. The number of carbonyl (C=O) groups excluding carboxylic acids is 1. The van der Waals surface area contributed by atoms with Crippen LogP contribution in [0, 0.1) is 5.92 Å². The quantitative estimate of drug-likeness (QED) is 0.668. The van der Waals surface area contributed by atoms with E-state index in [0.29, 0.717) is 25.7 Å². The second-order valence-electron chi connectivity index (χ2n) is 4.35. The lowest BCUT2D eigenvalue weighted by atomic mass is 10.0. The second kappa shape index (κ2) is 6.83. The van der Waals surface area contributed by atoms with Gasteiger partial charge in [0.1, 0.15) is 6.10 Å². The first kappa shape index (κ1) is 13.4. The molecule has 0 saturated carbocycles. The molecule has 94 valence electrons. The Morgan fingerprint density at radius 1 is 1.69 bits per heavy atom. The van der Waals surface area contributed by atoms with Crippen molar-refractivity contribution in [1.82, 2.24) is 5.32 Å². The highest BCUT2D eigenvalue weighted by Crippen LogP contribution is 2.19. The van der Waals surface area contributed by atoms with Crippen molar-refractivity contribution in [3.63, 3.8) is 0 Å². The van der Waals surface area contributed by atoms with Crippen molar-refractivity contribution in [3.05, 3.63) is 0 Å². The zero-order valence-electron chi connectivity index (χ0n) is 10.1. The van der Waals surface area contributed by atoms with Crippen LogP contribution in [0.15, 0.2) is 0 Å². The molecular weight excluding hydrogens is 208 g/mol. The van der Waals surface area contributed by atoms with Crippen LogP contribution in [0.25, 0.3) is 0 Å². The maximum atomic E-state index is 11.7. The summed E-state index contributed by atoms with van der Waals surface area (Å²) in [5.74, 6) is 0.294. The molecule has 0 radical (unpaired) electrons. The lowest BCUT2D eigenvalue weighted by Crippen LogP contribution is -2.39. The van der Waals surface area contributed by atoms with Gasteiger partial charge in [0.2, 0.25) is 5.91 Å². The van der Waals surface area contributed by atoms with Crippen molar-refractivity contribution in [3.8, 4) is 0 Å². The van der Waals surface area contributed by atoms with Crippen molar-refractivity contribution in [2.75, 3.05) is 26.9 Å². The summed E-state index contributed by atoms with van der Waals surface area (Å²) in [6.45, 7) is 3.82. The fraction of sp³-hybridized carbons (Fsp3) is 0.909. The Morgan fingerprint density at radius 3 is 3.00 bits per heavy atom. The van der Waals surface area contributed by atoms with Crippen LogP contribution in [0.5, 0.6) is 0 Å². The smallest absolute Gasteiger partial charge is 0.249 e. The van der Waals surface area contributed by atoms with E-state index in [2.05, 4.69) is 5.32 Å². The minimum absolute atomic E-state index is 0.0189. The van der Waals surface area contributed by atoms with E-state index in [0.717, 1.165) is 12.8 Å². The molecule has 1 heterocycles. The van der Waals surface area contributed by atoms with Crippen molar-refractivity contribution in [1.29, 1.82) is 0 Å². The van der Waals surface area contributed by atoms with Crippen LogP contribution in [0.3, 0.4) is 0 Å². The maximum absolute atomic E-state index is 11.7. The number of hydrogen-bond donors (Lipinski definition) is 2. The van der Waals surface area contributed by atoms with Gasteiger partial charge in [-0.2, -0.15) is 0 Å². The minimum atomic E-state index is -0.279. The molecule has 1 aliphatic rings. The molecule has 1 rings (SSSR count). The summed E-state index contributed by atoms with van der Waals surface area (Å²) >= 11 is 0. The number of nitrogens with two attached hydrogens (primary N) is 1. The number of carbonyl (C=O) groups is 1. The number of hydrogen-bond acceptors (Lipinski definition) is 4. The van der Waals surface area contributed by atoms with Crippen LogP contribution in [0.4, 0.5) is 0 Å². The molecule has 0 aliphatic carbocycles. The Bertz CT molecular complexity index is 223. The third kappa shape index (κ3) is 4.08. The SMILES string of the molecule is COCC(N)CCNC(=O)C1OCCC1C. The third-order valence-corrected chi connectivity index (χ3v) is 2.84. The Labute approximate surface area is 96.7 Å². The average molecular weight is 230 g/mol. The third-order valence-electron chi connectivity index (χ3n) is 2.84. The monoisotopic (exact) mass is 230 g/mol. The normalized spacial score (nSPS) is 26.7. The standard InChI is InChI=1S/C11H22N2O3/c1-8-4-6-16-10(8)11(14)13-5-3-9(12)7-15-2/h8-10H,3-7,12H2,1-2H3,(H,13,14). The van der Waals surface area contributed by atoms with E-state index < -0.39 is 0 Å². The molecule has 0 bridgehead atoms. The summed E-state index contributed by atoms with van der Waals surface area (Å²) in [6.07, 6.45) is 1.40. The summed E-state index contributed by atoms with van der Waals surface area (Å²) in [5, 5.41) is 2.84. The molecule has 3 atom stereocenters. The van der Waals surface area contributed by atoms with E-state index in [1.54, 1.807) is 7.11 Å². The summed E-state index contributed by atoms with van der Waals surface area (Å²) in [7, 11) is 1.62. The fourth-order valence-electron chi connectivity index (χ4n) is 1.81. The van der Waals surface area contributed by atoms with E-state index >= 15 is 0 Å². The van der Waals surface area contributed by atoms with Gasteiger partial charge in [0, 0.05) is 26.3 Å². The number of nitrogens with one attached hydrogen (secondary N) is 1. The van der Waals surface area contributed by atoms with Crippen LogP contribution in [-0.4, -0.2) is 44.9 Å². The number of rotatable bonds is 6. The van der Waals surface area contributed by atoms with Gasteiger partial charge in [0.05, 0.1) is 6.61 Å². The fourth-order valence-corrected chi connectivity index (χ4v) is 1.81. The van der Waals surface area contributed by atoms with Gasteiger partial charge in [0.15, 0.2) is 0 Å². The second-order valence-corrected chi connectivity index (χ2v) is 4.35. The van der Waals surface area contributed by atoms with Gasteiger partial charge in [-0.05, 0) is 18.8 Å². The Balaban J connectivity index is 2.15. The summed E-state index contributed by atoms with van der Waals surface area (Å²) in [4.78, 5) is 11.7. The number of amides is 1. The lowest BCUT2D eigenvalue weighted by molar-refractivity contribution is -0.131. The molecule has 0 aromatic heterocycles. The molecule has 5 nitrogen and oxygen atoms in total. The van der Waals surface area contributed by atoms with Gasteiger partial charge < -0.3 is 20.5 Å². The van der Waals surface area contributed by atoms with E-state index in [9.17, 15) is 4.79 Å². The van der Waals surface area contributed by atoms with Gasteiger partial charge in [-0.15, -0.1) is 0 Å². The average Bonchev–Trinajstić information content (AvgIpc) is 2.64. The lowest BCUT2D eigenvalue weighted by Gasteiger charge is -2.15. The first-order valence-electron chi connectivity index (χ1n) is 5.79. The highest BCUT2D eigenvalue weighted by Gasteiger charge is 2.30. The molecule has 16 heavy (non-hydrogen) atoms. The first-order chi connectivity index (χ1) is 7.65. The molecule has 1 saturated heterocycles. The Morgan fingerprint density at radius 2 is 2.44 bits per heavy atom. The van der Waals surface area contributed by atoms with E-state index in [-0.39, 0.29) is 18.1 Å².